The fourth-order valence-corrected chi connectivity index (χ4v) is 6.16. The van der Waals surface area contributed by atoms with Crippen molar-refractivity contribution in [3.05, 3.63) is 64.8 Å². The Kier molecular flexibility index (Phi) is 7.72. The van der Waals surface area contributed by atoms with Crippen molar-refractivity contribution in [2.24, 2.45) is 7.05 Å². The number of amides is 1. The number of para-hydroxylation sites is 1. The van der Waals surface area contributed by atoms with Crippen molar-refractivity contribution < 1.29 is 9.53 Å². The summed E-state index contributed by atoms with van der Waals surface area (Å²) >= 11 is 0. The van der Waals surface area contributed by atoms with Crippen LogP contribution in [0.15, 0.2) is 42.6 Å². The minimum absolute atomic E-state index is 0.203. The lowest BCUT2D eigenvalue weighted by Crippen LogP contribution is -2.49. The molecule has 0 bridgehead atoms. The van der Waals surface area contributed by atoms with Gasteiger partial charge in [0.15, 0.2) is 11.5 Å². The molecule has 226 valence electrons. The predicted molar refractivity (Wildman–Crippen MR) is 170 cm³/mol. The van der Waals surface area contributed by atoms with Gasteiger partial charge in [0.05, 0.1) is 5.39 Å². The number of hydrogen-bond acceptors (Lipinski definition) is 8. The van der Waals surface area contributed by atoms with Crippen LogP contribution in [0.4, 0.5) is 27.9 Å². The van der Waals surface area contributed by atoms with Crippen LogP contribution in [0.1, 0.15) is 55.9 Å². The second-order valence-electron chi connectivity index (χ2n) is 12.8. The molecule has 4 heterocycles. The van der Waals surface area contributed by atoms with Crippen LogP contribution in [-0.4, -0.2) is 66.9 Å². The summed E-state index contributed by atoms with van der Waals surface area (Å²) in [5.74, 6) is 1.28. The predicted octanol–water partition coefficient (Wildman–Crippen LogP) is 6.22. The zero-order valence-corrected chi connectivity index (χ0v) is 26.1. The second-order valence-corrected chi connectivity index (χ2v) is 12.8. The lowest BCUT2D eigenvalue weighted by molar-refractivity contribution is 0.0134. The SMILES string of the molecule is Cc1cccc(C)c1Nc1nn(C)c2nc(Nc3ccc4c(c3)CN(C3CCN(C(=O)OC(C)(C)C)CC3)CC4)ncc12. The fraction of sp³-hybridized carbons (Fsp3) is 0.455. The molecule has 0 saturated carbocycles. The summed E-state index contributed by atoms with van der Waals surface area (Å²) in [6, 6.07) is 13.3. The third kappa shape index (κ3) is 6.29. The van der Waals surface area contributed by atoms with Crippen molar-refractivity contribution in [2.75, 3.05) is 30.3 Å². The van der Waals surface area contributed by atoms with Crippen LogP contribution < -0.4 is 10.6 Å². The summed E-state index contributed by atoms with van der Waals surface area (Å²) in [6.07, 6.45) is 4.58. The smallest absolute Gasteiger partial charge is 0.410 e. The standard InChI is InChI=1S/C33H42N8O2/c1-21-8-7-9-22(2)28(21)36-29-27-19-34-31(37-30(27)39(6)38-29)35-25-11-10-23-12-15-41(20-24(23)18-25)26-13-16-40(17-14-26)32(42)43-33(3,4)5/h7-11,18-19,26H,12-17,20H2,1-6H3,(H,36,38)(H,34,35,37). The van der Waals surface area contributed by atoms with Gasteiger partial charge in [-0.1, -0.05) is 24.3 Å². The van der Waals surface area contributed by atoms with Crippen LogP contribution in [0, 0.1) is 13.8 Å². The first-order chi connectivity index (χ1) is 20.5. The molecule has 2 aliphatic rings. The zero-order chi connectivity index (χ0) is 30.3. The normalized spacial score (nSPS) is 16.3. The van der Waals surface area contributed by atoms with Gasteiger partial charge in [-0.05, 0) is 88.3 Å². The van der Waals surface area contributed by atoms with Gasteiger partial charge in [-0.25, -0.2) is 14.5 Å². The monoisotopic (exact) mass is 582 g/mol. The molecular formula is C33H42N8O2. The molecule has 0 atom stereocenters. The number of aryl methyl sites for hydroxylation is 3. The van der Waals surface area contributed by atoms with Gasteiger partial charge in [0.25, 0.3) is 0 Å². The van der Waals surface area contributed by atoms with Gasteiger partial charge in [-0.3, -0.25) is 4.90 Å². The largest absolute Gasteiger partial charge is 0.444 e. The lowest BCUT2D eigenvalue weighted by Gasteiger charge is -2.41. The molecular weight excluding hydrogens is 540 g/mol. The van der Waals surface area contributed by atoms with Crippen LogP contribution in [0.2, 0.25) is 0 Å². The molecule has 0 aliphatic carbocycles. The lowest BCUT2D eigenvalue weighted by atomic mass is 9.95. The van der Waals surface area contributed by atoms with E-state index in [1.54, 1.807) is 4.68 Å². The van der Waals surface area contributed by atoms with Gasteiger partial charge in [0, 0.05) is 56.8 Å². The highest BCUT2D eigenvalue weighted by molar-refractivity contribution is 5.90. The number of nitrogens with zero attached hydrogens (tertiary/aromatic N) is 6. The van der Waals surface area contributed by atoms with Gasteiger partial charge in [-0.15, -0.1) is 0 Å². The topological polar surface area (TPSA) is 100 Å². The van der Waals surface area contributed by atoms with Crippen LogP contribution in [-0.2, 0) is 24.8 Å². The Balaban J connectivity index is 1.12. The van der Waals surface area contributed by atoms with E-state index >= 15 is 0 Å². The molecule has 2 N–H and O–H groups in total. The second kappa shape index (κ2) is 11.5. The number of benzene rings is 2. The molecule has 2 aromatic carbocycles. The van der Waals surface area contributed by atoms with E-state index in [0.717, 1.165) is 84.8 Å². The van der Waals surface area contributed by atoms with Crippen LogP contribution in [0.25, 0.3) is 11.0 Å². The number of nitrogens with one attached hydrogen (secondary N) is 2. The summed E-state index contributed by atoms with van der Waals surface area (Å²) in [5.41, 5.74) is 7.35. The van der Waals surface area contributed by atoms with Crippen LogP contribution >= 0.6 is 0 Å². The number of ether oxygens (including phenoxy) is 1. The van der Waals surface area contributed by atoms with Crippen molar-refractivity contribution in [3.63, 3.8) is 0 Å². The number of fused-ring (bicyclic) bond motifs is 2. The van der Waals surface area contributed by atoms with Crippen molar-refractivity contribution >= 4 is 40.3 Å². The molecule has 0 radical (unpaired) electrons. The van der Waals surface area contributed by atoms with E-state index in [4.69, 9.17) is 14.8 Å². The first-order valence-electron chi connectivity index (χ1n) is 15.2. The molecule has 2 aliphatic heterocycles. The Morgan fingerprint density at radius 2 is 1.74 bits per heavy atom. The molecule has 10 heteroatoms. The summed E-state index contributed by atoms with van der Waals surface area (Å²) in [7, 11) is 1.90. The highest BCUT2D eigenvalue weighted by Gasteiger charge is 2.31. The van der Waals surface area contributed by atoms with E-state index in [2.05, 4.69) is 70.8 Å². The molecule has 1 fully saturated rings. The Morgan fingerprint density at radius 3 is 2.47 bits per heavy atom. The van der Waals surface area contributed by atoms with Crippen molar-refractivity contribution in [1.29, 1.82) is 0 Å². The fourth-order valence-electron chi connectivity index (χ4n) is 6.16. The number of rotatable bonds is 5. The van der Waals surface area contributed by atoms with Gasteiger partial charge < -0.3 is 20.3 Å². The number of hydrogen-bond donors (Lipinski definition) is 2. The minimum Gasteiger partial charge on any atom is -0.444 e. The third-order valence-electron chi connectivity index (χ3n) is 8.44. The van der Waals surface area contributed by atoms with Gasteiger partial charge in [0.2, 0.25) is 5.95 Å². The van der Waals surface area contributed by atoms with Crippen molar-refractivity contribution in [2.45, 2.75) is 72.1 Å². The maximum atomic E-state index is 12.5. The molecule has 6 rings (SSSR count). The molecule has 1 amide bonds. The summed E-state index contributed by atoms with van der Waals surface area (Å²) in [6.45, 7) is 13.3. The van der Waals surface area contributed by atoms with Crippen LogP contribution in [0.5, 0.6) is 0 Å². The Bertz CT molecular complexity index is 1630. The van der Waals surface area contributed by atoms with E-state index in [-0.39, 0.29) is 6.09 Å². The summed E-state index contributed by atoms with van der Waals surface area (Å²) in [5, 5.41) is 12.5. The Morgan fingerprint density at radius 1 is 1.00 bits per heavy atom. The molecule has 2 aromatic heterocycles. The third-order valence-corrected chi connectivity index (χ3v) is 8.44. The van der Waals surface area contributed by atoms with Gasteiger partial charge >= 0.3 is 6.09 Å². The number of aromatic nitrogens is 4. The average Bonchev–Trinajstić information content (AvgIpc) is 3.28. The maximum absolute atomic E-state index is 12.5. The maximum Gasteiger partial charge on any atom is 0.410 e. The van der Waals surface area contributed by atoms with E-state index in [0.29, 0.717) is 12.0 Å². The van der Waals surface area contributed by atoms with E-state index in [1.165, 1.54) is 11.1 Å². The molecule has 10 nitrogen and oxygen atoms in total. The molecule has 4 aromatic rings. The van der Waals surface area contributed by atoms with E-state index in [1.807, 2.05) is 38.9 Å². The Labute approximate surface area is 253 Å². The molecule has 0 spiro atoms. The van der Waals surface area contributed by atoms with E-state index < -0.39 is 5.60 Å². The highest BCUT2D eigenvalue weighted by atomic mass is 16.6. The Hall–Kier alpha value is -4.18. The summed E-state index contributed by atoms with van der Waals surface area (Å²) in [4.78, 5) is 26.4. The van der Waals surface area contributed by atoms with Crippen molar-refractivity contribution in [1.82, 2.24) is 29.5 Å². The van der Waals surface area contributed by atoms with E-state index in [9.17, 15) is 4.79 Å². The van der Waals surface area contributed by atoms with Crippen molar-refractivity contribution in [3.8, 4) is 0 Å². The number of carbonyl (C=O) groups excluding carboxylic acids is 1. The molecule has 1 saturated heterocycles. The van der Waals surface area contributed by atoms with Gasteiger partial charge in [-0.2, -0.15) is 10.1 Å². The minimum atomic E-state index is -0.467. The highest BCUT2D eigenvalue weighted by Crippen LogP contribution is 2.31. The summed E-state index contributed by atoms with van der Waals surface area (Å²) < 4.78 is 7.37. The quantitative estimate of drug-likeness (QED) is 0.286. The number of carbonyl (C=O) groups is 1. The number of anilines is 4. The number of likely N-dealkylation sites (tertiary alicyclic amines) is 1. The first kappa shape index (κ1) is 28.9. The first-order valence-corrected chi connectivity index (χ1v) is 15.2. The zero-order valence-electron chi connectivity index (χ0n) is 26.1. The van der Waals surface area contributed by atoms with Crippen LogP contribution in [0.3, 0.4) is 0 Å². The average molecular weight is 583 g/mol. The van der Waals surface area contributed by atoms with Gasteiger partial charge in [0.1, 0.15) is 5.60 Å². The number of piperidine rings is 1. The molecule has 43 heavy (non-hydrogen) atoms. The molecule has 0 unspecified atom stereocenters.